The Morgan fingerprint density at radius 1 is 0.586 bits per heavy atom. The van der Waals surface area contributed by atoms with Gasteiger partial charge in [-0.2, -0.15) is 0 Å². The number of hydrogen-bond acceptors (Lipinski definition) is 22. The van der Waals surface area contributed by atoms with Crippen molar-refractivity contribution >= 4 is 98.5 Å². The van der Waals surface area contributed by atoms with E-state index in [1.165, 1.54) is 77.0 Å². The number of ether oxygens (including phenoxy) is 4. The average Bonchev–Trinajstić information content (AvgIpc) is 1.73. The van der Waals surface area contributed by atoms with Crippen molar-refractivity contribution < 1.29 is 85.3 Å². The van der Waals surface area contributed by atoms with Crippen LogP contribution in [0.1, 0.15) is 140 Å². The number of nitrogens with one attached hydrogen (secondary N) is 4. The lowest BCUT2D eigenvalue weighted by atomic mass is 9.83. The van der Waals surface area contributed by atoms with Gasteiger partial charge >= 0.3 is 11.9 Å². The predicted octanol–water partition coefficient (Wildman–Crippen LogP) is 6.19. The van der Waals surface area contributed by atoms with Crippen LogP contribution in [0, 0.1) is 61.2 Å². The van der Waals surface area contributed by atoms with Gasteiger partial charge in [0.15, 0.2) is 28.3 Å². The van der Waals surface area contributed by atoms with Crippen LogP contribution in [0.15, 0.2) is 79.1 Å². The average molecular weight is 1540 g/mol. The van der Waals surface area contributed by atoms with Crippen molar-refractivity contribution in [2.45, 2.75) is 170 Å². The monoisotopic (exact) mass is 1530 g/mol. The number of aromatic nitrogens is 1. The van der Waals surface area contributed by atoms with E-state index in [0.29, 0.717) is 72.3 Å². The van der Waals surface area contributed by atoms with Gasteiger partial charge in [0.1, 0.15) is 70.4 Å². The first-order valence-electron chi connectivity index (χ1n) is 37.5. The molecule has 4 heterocycles. The van der Waals surface area contributed by atoms with Crippen molar-refractivity contribution in [3.8, 4) is 34.3 Å². The molecule has 4 aromatic rings. The third kappa shape index (κ3) is 17.7. The van der Waals surface area contributed by atoms with E-state index in [9.17, 15) is 57.5 Å². The lowest BCUT2D eigenvalue weighted by molar-refractivity contribution is -0.163. The van der Waals surface area contributed by atoms with Gasteiger partial charge in [0.05, 0.1) is 61.6 Å². The maximum atomic E-state index is 15.2. The largest absolute Gasteiger partial charge is 0.497 e. The summed E-state index contributed by atoms with van der Waals surface area (Å²) in [5, 5.41) is 11.3. The molecule has 1 aromatic heterocycles. The fourth-order valence-electron chi connectivity index (χ4n) is 15.3. The summed E-state index contributed by atoms with van der Waals surface area (Å²) in [6, 6.07) is 8.31. The Balaban J connectivity index is 0.000000574. The number of nitrogens with two attached hydrogens (primary N) is 1. The molecule has 6 aliphatic rings. The zero-order valence-corrected chi connectivity index (χ0v) is 66.1. The number of anilines is 1. The summed E-state index contributed by atoms with van der Waals surface area (Å²) >= 11 is 0. The summed E-state index contributed by atoms with van der Waals surface area (Å²) in [6.45, 7) is 18.3. The molecule has 596 valence electrons. The highest BCUT2D eigenvalue weighted by Gasteiger charge is 2.48. The minimum Gasteiger partial charge on any atom is -0.497 e. The van der Waals surface area contributed by atoms with E-state index < -0.39 is 196 Å². The minimum absolute atomic E-state index is 0.0668. The smallest absolute Gasteiger partial charge is 0.329 e. The van der Waals surface area contributed by atoms with E-state index in [0.717, 1.165) is 15.4 Å². The number of methoxy groups -OCH3 is 2. The number of rotatable bonds is 11. The summed E-state index contributed by atoms with van der Waals surface area (Å²) in [7, 11) is 8.84. The Morgan fingerprint density at radius 3 is 1.54 bits per heavy atom. The van der Waals surface area contributed by atoms with Crippen molar-refractivity contribution in [3.63, 3.8) is 0 Å². The highest BCUT2D eigenvalue weighted by Crippen LogP contribution is 2.39. The van der Waals surface area contributed by atoms with Gasteiger partial charge in [-0.15, -0.1) is 0 Å². The van der Waals surface area contributed by atoms with Gasteiger partial charge in [-0.1, -0.05) is 86.4 Å². The van der Waals surface area contributed by atoms with Crippen molar-refractivity contribution in [1.29, 1.82) is 0 Å². The SMILES string of the molecule is COc1cccc(-c2cc(=O)c3ccc(OC)cc3o2)c1.Cc1c2oc3c(C)ccc(C(=O)NC4C(=O)NC(C(C)C)C(=O)C5CCCC5C(=O)N(C)CC(=O)N(C)C(C(C)C)C(=O)OC4C)c3nc-2c(C(=O)NC2C(=O)NC(C(C)C)C(=O)C3CCCC3C(=O)N(C)CC(=O)N(C)C(C(C)C)C(=O)OC2C)c(N)c1=O. The standard InChI is InChI=1S/C64H88N10O16.C17H14O4/c1-27(2)44-53(78)35-19-17-21-37(35)61(84)71(13)25-40(75)73(15)50(29(5)6)63(86)88-33(11)46(59(82)67-44)69-57(80)39-24-23-31(9)55-48(39)66-49-42(43(65)52(77)32(10)56(49)90-55)58(81)70-47-34(12)89-64(87)51(30(7)8)74(16)41(76)26-72(14)62(85)38-22-18-20-36(38)54(79)45(28(3)4)68-60(47)83;1-19-12-5-3-4-11(8-12)16-10-15(18)14-7-6-13(20-2)9-17(14)21-16/h23-24,27-30,33-38,44-47,50-51H,17-22,25-26,65H2,1-16H3,(H,67,82)(H,68,83)(H,69,80)(H,70,81);3-10H,1-2H3. The molecule has 0 spiro atoms. The molecule has 10 rings (SSSR count). The molecule has 0 bridgehead atoms. The first kappa shape index (κ1) is 84.0. The fourth-order valence-corrected chi connectivity index (χ4v) is 15.3. The number of nitrogen functional groups attached to an aromatic ring is 1. The van der Waals surface area contributed by atoms with Crippen molar-refractivity contribution in [3.05, 3.63) is 103 Å². The second-order valence-electron chi connectivity index (χ2n) is 30.8. The van der Waals surface area contributed by atoms with Crippen molar-refractivity contribution in [2.24, 2.45) is 47.3 Å². The lowest BCUT2D eigenvalue weighted by Gasteiger charge is -2.35. The maximum Gasteiger partial charge on any atom is 0.329 e. The number of carbonyl (C=O) groups excluding carboxylic acids is 12. The van der Waals surface area contributed by atoms with E-state index in [4.69, 9.17) is 38.5 Å². The van der Waals surface area contributed by atoms with Crippen molar-refractivity contribution in [1.82, 2.24) is 45.9 Å². The molecule has 12 unspecified atom stereocenters. The summed E-state index contributed by atoms with van der Waals surface area (Å²) < 4.78 is 34.5. The van der Waals surface area contributed by atoms with Crippen LogP contribution in [0.5, 0.6) is 11.5 Å². The number of amides is 8. The molecule has 3 aliphatic carbocycles. The number of benzene rings is 4. The van der Waals surface area contributed by atoms with Gasteiger partial charge in [-0.05, 0) is 113 Å². The number of likely N-dealkylation sites (N-methyl/N-ethyl adjacent to an activating group) is 4. The van der Waals surface area contributed by atoms with Crippen LogP contribution in [-0.4, -0.2) is 199 Å². The molecule has 30 heteroatoms. The van der Waals surface area contributed by atoms with E-state index in [1.54, 1.807) is 94.7 Å². The molecule has 3 aromatic carbocycles. The summed E-state index contributed by atoms with van der Waals surface area (Å²) in [5.74, 6) is -13.0. The fraction of sp³-hybridized carbons (Fsp3) is 0.519. The topological polar surface area (TPSA) is 402 Å². The Kier molecular flexibility index (Phi) is 26.4. The normalized spacial score (nSPS) is 24.6. The number of nitrogens with zero attached hydrogens (tertiary/aromatic N) is 5. The summed E-state index contributed by atoms with van der Waals surface area (Å²) in [5.41, 5.74) is 4.87. The van der Waals surface area contributed by atoms with Gasteiger partial charge in [0.2, 0.25) is 40.9 Å². The molecule has 2 saturated heterocycles. The molecule has 3 aliphatic heterocycles. The molecule has 4 fully saturated rings. The van der Waals surface area contributed by atoms with E-state index in [-0.39, 0.29) is 39.1 Å². The van der Waals surface area contributed by atoms with Crippen LogP contribution in [0.2, 0.25) is 0 Å². The number of Topliss-reactive ketones (excluding diaryl/α,β-unsaturated/α-hetero) is 2. The summed E-state index contributed by atoms with van der Waals surface area (Å²) in [4.78, 5) is 209. The number of esters is 2. The molecule has 2 saturated carbocycles. The van der Waals surface area contributed by atoms with Crippen LogP contribution in [-0.2, 0) is 57.4 Å². The predicted molar refractivity (Wildman–Crippen MR) is 409 cm³/mol. The van der Waals surface area contributed by atoms with Crippen LogP contribution >= 0.6 is 0 Å². The van der Waals surface area contributed by atoms with Crippen LogP contribution in [0.4, 0.5) is 5.69 Å². The van der Waals surface area contributed by atoms with Gasteiger partial charge in [-0.25, -0.2) is 14.6 Å². The Bertz CT molecular complexity index is 4740. The quantitative estimate of drug-likeness (QED) is 0.0548. The molecule has 6 N–H and O–H groups in total. The van der Waals surface area contributed by atoms with Gasteiger partial charge in [0.25, 0.3) is 11.8 Å². The first-order valence-corrected chi connectivity index (χ1v) is 37.5. The summed E-state index contributed by atoms with van der Waals surface area (Å²) in [6.07, 6.45) is -0.654. The number of aryl methyl sites for hydroxylation is 1. The van der Waals surface area contributed by atoms with Crippen LogP contribution in [0.25, 0.3) is 44.8 Å². The van der Waals surface area contributed by atoms with Crippen LogP contribution < -0.4 is 47.3 Å². The third-order valence-corrected chi connectivity index (χ3v) is 21.7. The lowest BCUT2D eigenvalue weighted by Crippen LogP contribution is -2.59. The zero-order valence-electron chi connectivity index (χ0n) is 66.1. The molecule has 111 heavy (non-hydrogen) atoms. The number of carbonyl (C=O) groups is 12. The number of fused-ring (bicyclic) bond motifs is 5. The van der Waals surface area contributed by atoms with E-state index in [2.05, 4.69) is 21.3 Å². The molecular formula is C81H102N10O20. The van der Waals surface area contributed by atoms with Gasteiger partial charge < -0.3 is 74.4 Å². The van der Waals surface area contributed by atoms with Crippen molar-refractivity contribution in [2.75, 3.05) is 61.2 Å². The molecule has 8 amide bonds. The Hall–Kier alpha value is -11.1. The first-order chi connectivity index (χ1) is 52.3. The second-order valence-corrected chi connectivity index (χ2v) is 30.8. The zero-order chi connectivity index (χ0) is 81.8. The second kappa shape index (κ2) is 34.9. The molecule has 0 radical (unpaired) electrons. The number of cyclic esters (lactones) is 2. The highest BCUT2D eigenvalue weighted by molar-refractivity contribution is 6.11. The van der Waals surface area contributed by atoms with Gasteiger partial charge in [0, 0.05) is 75.1 Å². The maximum absolute atomic E-state index is 15.2. The molecule has 12 atom stereocenters. The third-order valence-electron chi connectivity index (χ3n) is 21.7. The number of ketones is 2. The minimum atomic E-state index is -1.86. The Labute approximate surface area is 643 Å². The van der Waals surface area contributed by atoms with Gasteiger partial charge in [-0.3, -0.25) is 57.5 Å². The van der Waals surface area contributed by atoms with E-state index >= 15 is 9.59 Å². The Morgan fingerprint density at radius 2 is 1.06 bits per heavy atom. The van der Waals surface area contributed by atoms with Crippen LogP contribution in [0.3, 0.4) is 0 Å². The van der Waals surface area contributed by atoms with E-state index in [1.807, 2.05) is 24.3 Å². The highest BCUT2D eigenvalue weighted by atomic mass is 16.6. The molecular weight excluding hydrogens is 1430 g/mol. The molecule has 30 nitrogen and oxygen atoms in total. The number of hydrogen-bond donors (Lipinski definition) is 5.